The molecule has 0 saturated carbocycles. The minimum Gasteiger partial charge on any atom is -0.423 e. The smallest absolute Gasteiger partial charge is 0.423 e. The summed E-state index contributed by atoms with van der Waals surface area (Å²) in [6.07, 6.45) is 5.36. The number of hydrogen-bond donors (Lipinski definition) is 2. The van der Waals surface area contributed by atoms with Crippen molar-refractivity contribution < 1.29 is 10.0 Å². The van der Waals surface area contributed by atoms with Gasteiger partial charge in [-0.25, -0.2) is 0 Å². The molecular formula is C10H10BNO2S. The van der Waals surface area contributed by atoms with Crippen LogP contribution in [0.4, 0.5) is 0 Å². The van der Waals surface area contributed by atoms with E-state index in [1.165, 1.54) is 11.8 Å². The maximum absolute atomic E-state index is 9.22. The fraction of sp³-hybridized carbons (Fsp3) is 0.100. The standard InChI is InChI=1S/C10H10BNO2S/c1-15-10-5-8-6-12-3-2-7(8)4-9(10)11(13)14/h2-6,13-14H,1H3. The van der Waals surface area contributed by atoms with E-state index in [2.05, 4.69) is 4.98 Å². The topological polar surface area (TPSA) is 53.4 Å². The molecule has 0 radical (unpaired) electrons. The number of thioether (sulfide) groups is 1. The molecule has 0 fully saturated rings. The second kappa shape index (κ2) is 4.22. The van der Waals surface area contributed by atoms with E-state index in [0.717, 1.165) is 15.7 Å². The van der Waals surface area contributed by atoms with E-state index in [-0.39, 0.29) is 0 Å². The predicted molar refractivity (Wildman–Crippen MR) is 63.3 cm³/mol. The number of aromatic nitrogens is 1. The van der Waals surface area contributed by atoms with E-state index in [4.69, 9.17) is 0 Å². The minimum absolute atomic E-state index is 0.543. The zero-order valence-electron chi connectivity index (χ0n) is 8.21. The van der Waals surface area contributed by atoms with Crippen LogP contribution in [0.2, 0.25) is 0 Å². The van der Waals surface area contributed by atoms with Crippen molar-refractivity contribution in [3.8, 4) is 0 Å². The summed E-state index contributed by atoms with van der Waals surface area (Å²) in [5, 5.41) is 20.4. The van der Waals surface area contributed by atoms with Gasteiger partial charge in [-0.15, -0.1) is 11.8 Å². The Hall–Kier alpha value is -1.04. The van der Waals surface area contributed by atoms with Gasteiger partial charge in [-0.3, -0.25) is 4.98 Å². The van der Waals surface area contributed by atoms with Crippen molar-refractivity contribution in [1.82, 2.24) is 4.98 Å². The molecule has 0 unspecified atom stereocenters. The summed E-state index contributed by atoms with van der Waals surface area (Å²) in [6.45, 7) is 0. The zero-order valence-corrected chi connectivity index (χ0v) is 9.03. The molecule has 15 heavy (non-hydrogen) atoms. The van der Waals surface area contributed by atoms with Crippen LogP contribution in [0.5, 0.6) is 0 Å². The quantitative estimate of drug-likeness (QED) is 0.574. The van der Waals surface area contributed by atoms with Crippen molar-refractivity contribution in [3.63, 3.8) is 0 Å². The van der Waals surface area contributed by atoms with Gasteiger partial charge in [-0.2, -0.15) is 0 Å². The first-order chi connectivity index (χ1) is 7.22. The summed E-state index contributed by atoms with van der Waals surface area (Å²) >= 11 is 1.49. The number of fused-ring (bicyclic) bond motifs is 1. The average molecular weight is 219 g/mol. The lowest BCUT2D eigenvalue weighted by molar-refractivity contribution is 0.425. The van der Waals surface area contributed by atoms with Crippen LogP contribution >= 0.6 is 11.8 Å². The molecule has 3 nitrogen and oxygen atoms in total. The molecule has 0 spiro atoms. The number of benzene rings is 1. The normalized spacial score (nSPS) is 10.6. The van der Waals surface area contributed by atoms with Crippen LogP contribution < -0.4 is 5.46 Å². The lowest BCUT2D eigenvalue weighted by Gasteiger charge is -2.08. The summed E-state index contributed by atoms with van der Waals surface area (Å²) in [4.78, 5) is 4.89. The molecule has 2 N–H and O–H groups in total. The second-order valence-electron chi connectivity index (χ2n) is 3.19. The lowest BCUT2D eigenvalue weighted by atomic mass is 9.79. The minimum atomic E-state index is -1.43. The largest absolute Gasteiger partial charge is 0.489 e. The molecular weight excluding hydrogens is 209 g/mol. The monoisotopic (exact) mass is 219 g/mol. The van der Waals surface area contributed by atoms with Gasteiger partial charge >= 0.3 is 7.12 Å². The van der Waals surface area contributed by atoms with Crippen LogP contribution in [0.15, 0.2) is 35.5 Å². The Bertz CT molecular complexity index is 490. The third-order valence-electron chi connectivity index (χ3n) is 2.27. The van der Waals surface area contributed by atoms with Gasteiger partial charge in [0.05, 0.1) is 0 Å². The molecule has 0 bridgehead atoms. The summed E-state index contributed by atoms with van der Waals surface area (Å²) in [5.41, 5.74) is 0.543. The first-order valence-electron chi connectivity index (χ1n) is 4.50. The third-order valence-corrected chi connectivity index (χ3v) is 3.06. The highest BCUT2D eigenvalue weighted by Gasteiger charge is 2.16. The van der Waals surface area contributed by atoms with Crippen molar-refractivity contribution in [2.75, 3.05) is 6.26 Å². The Morgan fingerprint density at radius 1 is 1.27 bits per heavy atom. The maximum Gasteiger partial charge on any atom is 0.489 e. The summed E-state index contributed by atoms with van der Waals surface area (Å²) < 4.78 is 0. The highest BCUT2D eigenvalue weighted by molar-refractivity contribution is 7.98. The number of pyridine rings is 1. The molecule has 76 valence electrons. The van der Waals surface area contributed by atoms with Gasteiger partial charge in [-0.1, -0.05) is 6.07 Å². The van der Waals surface area contributed by atoms with Gasteiger partial charge in [0.1, 0.15) is 0 Å². The second-order valence-corrected chi connectivity index (χ2v) is 4.04. The van der Waals surface area contributed by atoms with Gasteiger partial charge in [0.25, 0.3) is 0 Å². The van der Waals surface area contributed by atoms with Gasteiger partial charge in [0, 0.05) is 22.7 Å². The zero-order chi connectivity index (χ0) is 10.8. The van der Waals surface area contributed by atoms with E-state index in [0.29, 0.717) is 5.46 Å². The Labute approximate surface area is 92.3 Å². The number of nitrogens with zero attached hydrogens (tertiary/aromatic N) is 1. The van der Waals surface area contributed by atoms with Crippen LogP contribution in [0.3, 0.4) is 0 Å². The van der Waals surface area contributed by atoms with Crippen LogP contribution in [0.25, 0.3) is 10.8 Å². The molecule has 1 aromatic carbocycles. The highest BCUT2D eigenvalue weighted by atomic mass is 32.2. The van der Waals surface area contributed by atoms with Gasteiger partial charge < -0.3 is 10.0 Å². The average Bonchev–Trinajstić information content (AvgIpc) is 2.27. The molecule has 0 aliphatic rings. The van der Waals surface area contributed by atoms with Crippen LogP contribution in [-0.2, 0) is 0 Å². The van der Waals surface area contributed by atoms with Crippen molar-refractivity contribution in [3.05, 3.63) is 30.6 Å². The molecule has 0 saturated heterocycles. The molecule has 0 atom stereocenters. The van der Waals surface area contributed by atoms with Crippen molar-refractivity contribution in [2.45, 2.75) is 4.90 Å². The van der Waals surface area contributed by atoms with E-state index >= 15 is 0 Å². The molecule has 1 aromatic heterocycles. The molecule has 2 rings (SSSR count). The van der Waals surface area contributed by atoms with Crippen LogP contribution in [-0.4, -0.2) is 28.4 Å². The predicted octanol–water partition coefficient (Wildman–Crippen LogP) is 0.636. The van der Waals surface area contributed by atoms with E-state index in [1.54, 1.807) is 18.5 Å². The van der Waals surface area contributed by atoms with Gasteiger partial charge in [0.15, 0.2) is 0 Å². The Morgan fingerprint density at radius 2 is 2.07 bits per heavy atom. The van der Waals surface area contributed by atoms with E-state index in [1.807, 2.05) is 18.4 Å². The fourth-order valence-electron chi connectivity index (χ4n) is 1.51. The summed E-state index contributed by atoms with van der Waals surface area (Å²) in [7, 11) is -1.43. The summed E-state index contributed by atoms with van der Waals surface area (Å²) in [5.74, 6) is 0. The SMILES string of the molecule is CSc1cc2cnccc2cc1B(O)O. The molecule has 5 heteroatoms. The lowest BCUT2D eigenvalue weighted by Crippen LogP contribution is -2.31. The number of hydrogen-bond acceptors (Lipinski definition) is 4. The Morgan fingerprint density at radius 3 is 2.73 bits per heavy atom. The number of rotatable bonds is 2. The highest BCUT2D eigenvalue weighted by Crippen LogP contribution is 2.19. The Balaban J connectivity index is 2.69. The summed E-state index contributed by atoms with van der Waals surface area (Å²) in [6, 6.07) is 5.56. The molecule has 1 heterocycles. The molecule has 0 aliphatic carbocycles. The van der Waals surface area contributed by atoms with Crippen molar-refractivity contribution in [2.24, 2.45) is 0 Å². The molecule has 0 aliphatic heterocycles. The maximum atomic E-state index is 9.22. The van der Waals surface area contributed by atoms with E-state index in [9.17, 15) is 10.0 Å². The van der Waals surface area contributed by atoms with Crippen LogP contribution in [0, 0.1) is 0 Å². The third kappa shape index (κ3) is 1.99. The van der Waals surface area contributed by atoms with Crippen molar-refractivity contribution >= 4 is 35.1 Å². The molecule has 0 amide bonds. The van der Waals surface area contributed by atoms with Crippen molar-refractivity contribution in [1.29, 1.82) is 0 Å². The fourth-order valence-corrected chi connectivity index (χ4v) is 2.16. The van der Waals surface area contributed by atoms with Gasteiger partial charge in [-0.05, 0) is 29.2 Å². The van der Waals surface area contributed by atoms with E-state index < -0.39 is 7.12 Å². The molecule has 2 aromatic rings. The first-order valence-corrected chi connectivity index (χ1v) is 5.72. The van der Waals surface area contributed by atoms with Gasteiger partial charge in [0.2, 0.25) is 0 Å². The Kier molecular flexibility index (Phi) is 2.95. The van der Waals surface area contributed by atoms with Crippen LogP contribution in [0.1, 0.15) is 0 Å². The first kappa shape index (κ1) is 10.5.